The van der Waals surface area contributed by atoms with Crippen LogP contribution in [0.5, 0.6) is 0 Å². The lowest BCUT2D eigenvalue weighted by Crippen LogP contribution is -2.28. The van der Waals surface area contributed by atoms with E-state index >= 15 is 0 Å². The number of likely N-dealkylation sites (N-methyl/N-ethyl adjacent to an activating group) is 1. The van der Waals surface area contributed by atoms with E-state index in [1.54, 1.807) is 0 Å². The highest BCUT2D eigenvalue weighted by molar-refractivity contribution is 6.03. The van der Waals surface area contributed by atoms with Gasteiger partial charge in [0.25, 0.3) is 0 Å². The van der Waals surface area contributed by atoms with Crippen molar-refractivity contribution in [2.24, 2.45) is 16.4 Å². The number of allylic oxidation sites excluding steroid dienone is 1. The molecular formula is C36H58N2. The second-order valence-electron chi connectivity index (χ2n) is 11.7. The molecule has 212 valence electrons. The zero-order chi connectivity index (χ0) is 28.7. The summed E-state index contributed by atoms with van der Waals surface area (Å²) in [7, 11) is 0. The Morgan fingerprint density at radius 3 is 2.13 bits per heavy atom. The molecule has 1 aliphatic rings. The largest absolute Gasteiger partial charge is 0.296 e. The first-order chi connectivity index (χ1) is 18.1. The molecule has 0 amide bonds. The smallest absolute Gasteiger partial charge is 0.0711 e. The van der Waals surface area contributed by atoms with Gasteiger partial charge in [-0.3, -0.25) is 5.01 Å². The molecule has 0 spiro atoms. The number of hydrazone groups is 1. The van der Waals surface area contributed by atoms with Crippen molar-refractivity contribution in [2.45, 2.75) is 114 Å². The molecule has 2 nitrogen and oxygen atoms in total. The zero-order valence-corrected chi connectivity index (χ0v) is 26.5. The van der Waals surface area contributed by atoms with E-state index < -0.39 is 0 Å². The molecule has 3 rings (SSSR count). The van der Waals surface area contributed by atoms with Crippen molar-refractivity contribution >= 4 is 5.71 Å². The van der Waals surface area contributed by atoms with Gasteiger partial charge in [-0.25, -0.2) is 0 Å². The third kappa shape index (κ3) is 11.2. The molecular weight excluding hydrogens is 460 g/mol. The van der Waals surface area contributed by atoms with Crippen molar-refractivity contribution in [3.63, 3.8) is 0 Å². The molecule has 1 unspecified atom stereocenters. The standard InChI is InChI=1S/C27H38N2.C7H14.C2H6/c1-5-23-14-10-11-18-26(23)27(24-15-8-7-9-16-24)28-29(6-2)20-22(4)25-17-12-13-21(3)19-25;1-6(2)7(3,4)5;1-2/h10-14,17-19,22,24H,5-9,15-16,20H2,1-4H3;1H2,2-5H3;1-2H3/b28-27-;;. The van der Waals surface area contributed by atoms with Crippen molar-refractivity contribution in [1.82, 2.24) is 5.01 Å². The van der Waals surface area contributed by atoms with Crippen LogP contribution < -0.4 is 0 Å². The van der Waals surface area contributed by atoms with E-state index in [1.807, 2.05) is 13.8 Å². The van der Waals surface area contributed by atoms with Gasteiger partial charge in [-0.1, -0.05) is 134 Å². The number of aryl methyl sites for hydroxylation is 2. The molecule has 2 heteroatoms. The normalized spacial score (nSPS) is 14.9. The molecule has 1 saturated carbocycles. The maximum atomic E-state index is 5.33. The van der Waals surface area contributed by atoms with Crippen LogP contribution in [0, 0.1) is 18.3 Å². The first kappa shape index (κ1) is 33.7. The summed E-state index contributed by atoms with van der Waals surface area (Å²) in [5.74, 6) is 1.06. The average Bonchev–Trinajstić information content (AvgIpc) is 2.92. The number of rotatable bonds is 8. The van der Waals surface area contributed by atoms with Crippen LogP contribution in [-0.4, -0.2) is 23.8 Å². The Morgan fingerprint density at radius 2 is 1.61 bits per heavy atom. The van der Waals surface area contributed by atoms with E-state index in [-0.39, 0.29) is 0 Å². The third-order valence-electron chi connectivity index (χ3n) is 7.66. The molecule has 0 bridgehead atoms. The molecule has 0 N–H and O–H groups in total. The fourth-order valence-corrected chi connectivity index (χ4v) is 4.60. The van der Waals surface area contributed by atoms with Crippen LogP contribution in [0.4, 0.5) is 0 Å². The van der Waals surface area contributed by atoms with Gasteiger partial charge in [0.2, 0.25) is 0 Å². The summed E-state index contributed by atoms with van der Waals surface area (Å²) in [5, 5.41) is 7.64. The van der Waals surface area contributed by atoms with Crippen LogP contribution in [0.2, 0.25) is 0 Å². The first-order valence-corrected chi connectivity index (χ1v) is 15.2. The Bertz CT molecular complexity index is 973. The maximum Gasteiger partial charge on any atom is 0.0711 e. The van der Waals surface area contributed by atoms with Crippen molar-refractivity contribution in [2.75, 3.05) is 13.1 Å². The monoisotopic (exact) mass is 518 g/mol. The summed E-state index contributed by atoms with van der Waals surface area (Å²) in [4.78, 5) is 0. The summed E-state index contributed by atoms with van der Waals surface area (Å²) < 4.78 is 0. The number of hydrogen-bond acceptors (Lipinski definition) is 2. The van der Waals surface area contributed by atoms with Gasteiger partial charge in [0.05, 0.1) is 5.71 Å². The lowest BCUT2D eigenvalue weighted by Gasteiger charge is -2.29. The summed E-state index contributed by atoms with van der Waals surface area (Å²) in [6.45, 7) is 27.3. The minimum absolute atomic E-state index is 0.306. The molecule has 0 saturated heterocycles. The van der Waals surface area contributed by atoms with Gasteiger partial charge in [-0.2, -0.15) is 5.10 Å². The van der Waals surface area contributed by atoms with Crippen LogP contribution in [0.3, 0.4) is 0 Å². The molecule has 0 heterocycles. The maximum absolute atomic E-state index is 5.33. The van der Waals surface area contributed by atoms with Gasteiger partial charge in [-0.15, -0.1) is 0 Å². The van der Waals surface area contributed by atoms with Gasteiger partial charge in [-0.05, 0) is 56.6 Å². The van der Waals surface area contributed by atoms with Crippen LogP contribution in [0.15, 0.2) is 65.8 Å². The van der Waals surface area contributed by atoms with Crippen molar-refractivity contribution < 1.29 is 0 Å². The summed E-state index contributed by atoms with van der Waals surface area (Å²) in [6.07, 6.45) is 7.67. The Morgan fingerprint density at radius 1 is 1.00 bits per heavy atom. The molecule has 38 heavy (non-hydrogen) atoms. The topological polar surface area (TPSA) is 15.6 Å². The molecule has 1 atom stereocenters. The molecule has 0 radical (unpaired) electrons. The van der Waals surface area contributed by atoms with Crippen LogP contribution in [-0.2, 0) is 6.42 Å². The van der Waals surface area contributed by atoms with Gasteiger partial charge < -0.3 is 0 Å². The Kier molecular flexibility index (Phi) is 15.3. The third-order valence-corrected chi connectivity index (χ3v) is 7.66. The fourth-order valence-electron chi connectivity index (χ4n) is 4.60. The fraction of sp³-hybridized carbons (Fsp3) is 0.583. The molecule has 0 aliphatic heterocycles. The van der Waals surface area contributed by atoms with E-state index in [2.05, 4.69) is 116 Å². The summed E-state index contributed by atoms with van der Waals surface area (Å²) >= 11 is 0. The molecule has 1 fully saturated rings. The summed E-state index contributed by atoms with van der Waals surface area (Å²) in [6, 6.07) is 17.8. The van der Waals surface area contributed by atoms with Crippen LogP contribution in [0.1, 0.15) is 123 Å². The van der Waals surface area contributed by atoms with E-state index in [0.717, 1.165) is 19.5 Å². The van der Waals surface area contributed by atoms with Gasteiger partial charge >= 0.3 is 0 Å². The van der Waals surface area contributed by atoms with E-state index in [0.29, 0.717) is 17.3 Å². The van der Waals surface area contributed by atoms with Crippen molar-refractivity contribution in [3.05, 3.63) is 82.9 Å². The van der Waals surface area contributed by atoms with Crippen molar-refractivity contribution in [1.29, 1.82) is 0 Å². The second-order valence-corrected chi connectivity index (χ2v) is 11.7. The molecule has 0 aromatic heterocycles. The zero-order valence-electron chi connectivity index (χ0n) is 26.5. The van der Waals surface area contributed by atoms with Gasteiger partial charge in [0.15, 0.2) is 0 Å². The van der Waals surface area contributed by atoms with E-state index in [1.165, 1.54) is 65.6 Å². The Labute approximate surface area is 236 Å². The highest BCUT2D eigenvalue weighted by Gasteiger charge is 2.23. The quantitative estimate of drug-likeness (QED) is 0.193. The highest BCUT2D eigenvalue weighted by Crippen LogP contribution is 2.30. The average molecular weight is 519 g/mol. The number of hydrogen-bond donors (Lipinski definition) is 0. The van der Waals surface area contributed by atoms with E-state index in [9.17, 15) is 0 Å². The number of nitrogens with zero attached hydrogens (tertiary/aromatic N) is 2. The van der Waals surface area contributed by atoms with Gasteiger partial charge in [0.1, 0.15) is 0 Å². The number of benzene rings is 2. The molecule has 2 aromatic rings. The minimum atomic E-state index is 0.306. The molecule has 2 aromatic carbocycles. The van der Waals surface area contributed by atoms with Crippen LogP contribution >= 0.6 is 0 Å². The van der Waals surface area contributed by atoms with Crippen LogP contribution in [0.25, 0.3) is 0 Å². The Hall–Kier alpha value is -2.35. The second kappa shape index (κ2) is 17.3. The predicted octanol–water partition coefficient (Wildman–Crippen LogP) is 10.6. The first-order valence-electron chi connectivity index (χ1n) is 15.2. The summed E-state index contributed by atoms with van der Waals surface area (Å²) in [5.41, 5.74) is 8.43. The molecule has 1 aliphatic carbocycles. The van der Waals surface area contributed by atoms with Crippen molar-refractivity contribution in [3.8, 4) is 0 Å². The van der Waals surface area contributed by atoms with Gasteiger partial charge in [0, 0.05) is 30.5 Å². The Balaban J connectivity index is 0.000000696. The lowest BCUT2D eigenvalue weighted by molar-refractivity contribution is 0.284. The minimum Gasteiger partial charge on any atom is -0.296 e. The highest BCUT2D eigenvalue weighted by atomic mass is 15.4. The SMILES string of the molecule is C=C(C)C(C)(C)C.CC.CCc1ccccc1/C(=N\N(CC)CC(C)c1cccc(C)c1)C1CCCCC1. The lowest BCUT2D eigenvalue weighted by atomic mass is 9.82. The van der Waals surface area contributed by atoms with E-state index in [4.69, 9.17) is 5.10 Å². The predicted molar refractivity (Wildman–Crippen MR) is 171 cm³/mol.